The number of fused-ring (bicyclic) bond motifs is 3. The number of hydrogen-bond donors (Lipinski definition) is 5. The van der Waals surface area contributed by atoms with Crippen molar-refractivity contribution < 1.29 is 79.1 Å². The molecule has 0 aliphatic carbocycles. The van der Waals surface area contributed by atoms with Crippen LogP contribution < -0.4 is 9.47 Å². The highest BCUT2D eigenvalue weighted by molar-refractivity contribution is 7.99. The zero-order valence-electron chi connectivity index (χ0n) is 46.0. The van der Waals surface area contributed by atoms with Gasteiger partial charge in [-0.1, -0.05) is 17.7 Å². The van der Waals surface area contributed by atoms with Gasteiger partial charge in [0.05, 0.1) is 70.6 Å². The number of methoxy groups -OCH3 is 1. The van der Waals surface area contributed by atoms with Gasteiger partial charge in [-0.05, 0) is 136 Å². The lowest BCUT2D eigenvalue weighted by atomic mass is 10.1. The van der Waals surface area contributed by atoms with Crippen molar-refractivity contribution in [1.82, 2.24) is 9.38 Å². The van der Waals surface area contributed by atoms with Gasteiger partial charge in [0, 0.05) is 26.4 Å². The summed E-state index contributed by atoms with van der Waals surface area (Å²) in [6.45, 7) is 6.34. The number of ether oxygens (including phenoxy) is 2. The monoisotopic (exact) mass is 1350 g/mol. The van der Waals surface area contributed by atoms with Crippen molar-refractivity contribution in [3.63, 3.8) is 0 Å². The van der Waals surface area contributed by atoms with E-state index in [0.717, 1.165) is 4.40 Å². The van der Waals surface area contributed by atoms with Crippen molar-refractivity contribution >= 4 is 148 Å². The van der Waals surface area contributed by atoms with Gasteiger partial charge in [0.25, 0.3) is 40.5 Å². The summed E-state index contributed by atoms with van der Waals surface area (Å²) in [6.07, 6.45) is -0.0144. The number of azo groups is 4. The number of thioether (sulfide) groups is 2. The average Bonchev–Trinajstić information content (AvgIpc) is 1.60. The summed E-state index contributed by atoms with van der Waals surface area (Å²) in [7, 11) is -19.8. The zero-order chi connectivity index (χ0) is 64.2. The predicted molar refractivity (Wildman–Crippen MR) is 322 cm³/mol. The predicted octanol–water partition coefficient (Wildman–Crippen LogP) is 12.3. The maximum absolute atomic E-state index is 12.5. The molecule has 0 amide bonds. The van der Waals surface area contributed by atoms with Crippen molar-refractivity contribution in [2.24, 2.45) is 40.9 Å². The van der Waals surface area contributed by atoms with Crippen LogP contribution in [-0.2, 0) is 51.1 Å². The molecule has 7 aromatic rings. The lowest BCUT2D eigenvalue weighted by Crippen LogP contribution is -2.08. The molecule has 29 nitrogen and oxygen atoms in total. The van der Waals surface area contributed by atoms with Crippen LogP contribution in [0.5, 0.6) is 17.4 Å². The van der Waals surface area contributed by atoms with E-state index in [1.54, 1.807) is 69.3 Å². The van der Waals surface area contributed by atoms with Crippen LogP contribution >= 0.6 is 35.1 Å². The van der Waals surface area contributed by atoms with E-state index in [2.05, 4.69) is 45.9 Å². The number of aromatic hydroxyl groups is 1. The van der Waals surface area contributed by atoms with Crippen molar-refractivity contribution in [2.45, 2.75) is 61.6 Å². The molecule has 37 heteroatoms. The van der Waals surface area contributed by atoms with Gasteiger partial charge in [-0.3, -0.25) is 22.6 Å². The first kappa shape index (κ1) is 68.7. The molecule has 0 atom stereocenters. The molecule has 462 valence electrons. The second-order valence-corrected chi connectivity index (χ2v) is 27.5. The summed E-state index contributed by atoms with van der Waals surface area (Å²) >= 11 is 8.58. The summed E-state index contributed by atoms with van der Waals surface area (Å²) in [4.78, 5) is 4.61. The molecule has 0 fully saturated rings. The van der Waals surface area contributed by atoms with Crippen molar-refractivity contribution in [3.05, 3.63) is 106 Å². The molecule has 0 unspecified atom stereocenters. The summed E-state index contributed by atoms with van der Waals surface area (Å²) in [5, 5.41) is 58.1. The van der Waals surface area contributed by atoms with Crippen LogP contribution in [0.15, 0.2) is 128 Å². The number of halogens is 1. The summed E-state index contributed by atoms with van der Waals surface area (Å²) < 4.78 is 170. The molecule has 2 heterocycles. The normalized spacial score (nSPS) is 12.4. The first-order chi connectivity index (χ1) is 40.8. The van der Waals surface area contributed by atoms with Gasteiger partial charge in [0.1, 0.15) is 34.3 Å². The third-order valence-electron chi connectivity index (χ3n) is 11.8. The Labute approximate surface area is 512 Å². The number of hydrogen-bond acceptors (Lipinski definition) is 26. The smallest absolute Gasteiger partial charge is 0.425 e. The standard InChI is InChI=1S/C50H50ClN11O15S6.O3S/c1-28-20-38(58-61-46-31(4)34(27-52)49-53-47-41(62(49)50(46)63)12-13-42(76-5)48(47)83(73,74)75)43(77-14-7-17-80(64,65)66)24-35(28)56-59-39-22-30(3)37(26-45(39)79-16-9-19-82(70,71)72)57-60-40-21-29(2)36(55-54-33-11-6-10-32(51)23-33)25-44(40)78-15-8-18-81(67,68)69;1-4(2)3/h6,10-13,20-26,63H,7-9,14-19H2,1-5H3,(H,64,65,66)(H,67,68,69)(H,70,71,72)(H,73,74,75);. The first-order valence-corrected chi connectivity index (χ1v) is 34.4. The highest BCUT2D eigenvalue weighted by Gasteiger charge is 2.28. The van der Waals surface area contributed by atoms with Gasteiger partial charge in [-0.2, -0.15) is 59.4 Å². The van der Waals surface area contributed by atoms with Crippen molar-refractivity contribution in [3.8, 4) is 23.4 Å². The minimum atomic E-state index is -4.95. The van der Waals surface area contributed by atoms with E-state index >= 15 is 0 Å². The van der Waals surface area contributed by atoms with Gasteiger partial charge in [0.15, 0.2) is 16.2 Å². The Morgan fingerprint density at radius 2 is 1.11 bits per heavy atom. The van der Waals surface area contributed by atoms with Gasteiger partial charge in [0.2, 0.25) is 5.88 Å². The number of benzene rings is 5. The second kappa shape index (κ2) is 29.5. The van der Waals surface area contributed by atoms with Gasteiger partial charge < -0.3 is 14.6 Å². The molecule has 0 saturated carbocycles. The van der Waals surface area contributed by atoms with E-state index < -0.39 is 79.1 Å². The lowest BCUT2D eigenvalue weighted by Gasteiger charge is -2.12. The van der Waals surface area contributed by atoms with Crippen LogP contribution in [-0.4, -0.2) is 121 Å². The molecule has 0 saturated heterocycles. The third-order valence-corrected chi connectivity index (χ3v) is 17.6. The molecule has 87 heavy (non-hydrogen) atoms. The molecule has 0 spiro atoms. The van der Waals surface area contributed by atoms with Crippen molar-refractivity contribution in [2.75, 3.05) is 42.5 Å². The maximum atomic E-state index is 12.5. The van der Waals surface area contributed by atoms with Crippen LogP contribution in [0.2, 0.25) is 5.02 Å². The summed E-state index contributed by atoms with van der Waals surface area (Å²) in [5.41, 5.74) is 3.02. The van der Waals surface area contributed by atoms with Crippen LogP contribution in [0.4, 0.5) is 45.5 Å². The van der Waals surface area contributed by atoms with Crippen LogP contribution in [0.25, 0.3) is 16.7 Å². The van der Waals surface area contributed by atoms with Crippen LogP contribution in [0, 0.1) is 39.0 Å². The highest BCUT2D eigenvalue weighted by Crippen LogP contribution is 2.45. The topological polar surface area (TPSA) is 447 Å². The first-order valence-electron chi connectivity index (χ1n) is 24.8. The van der Waals surface area contributed by atoms with Gasteiger partial charge >= 0.3 is 10.6 Å². The number of pyridine rings is 1. The van der Waals surface area contributed by atoms with E-state index in [1.165, 1.54) is 61.8 Å². The van der Waals surface area contributed by atoms with E-state index in [1.807, 2.05) is 6.07 Å². The lowest BCUT2D eigenvalue weighted by molar-refractivity contribution is 0.317. The number of aryl methyl sites for hydroxylation is 3. The molecular weight excluding hydrogens is 1300 g/mol. The molecule has 0 bridgehead atoms. The largest absolute Gasteiger partial charge is 0.495 e. The fourth-order valence-corrected chi connectivity index (χ4v) is 12.6. The molecule has 0 aliphatic heterocycles. The second-order valence-electron chi connectivity index (χ2n) is 18.3. The summed E-state index contributed by atoms with van der Waals surface area (Å²) in [6, 6.07) is 21.0. The highest BCUT2D eigenvalue weighted by atomic mass is 35.5. The minimum absolute atomic E-state index is 0.00618. The quantitative estimate of drug-likeness (QED) is 0.0154. The van der Waals surface area contributed by atoms with E-state index in [0.29, 0.717) is 59.9 Å². The number of imidazole rings is 1. The molecule has 5 aromatic carbocycles. The molecule has 0 aliphatic rings. The average molecular weight is 1350 g/mol. The van der Waals surface area contributed by atoms with Gasteiger partial charge in [-0.25, -0.2) is 4.98 Å². The summed E-state index contributed by atoms with van der Waals surface area (Å²) in [5.74, 6) is -2.10. The number of aromatic nitrogens is 2. The Hall–Kier alpha value is -7.41. The SMILES string of the molecule is COc1ccc2c(nc3c(C#N)c(C)c(N=Nc4cc(C)c(N=Nc5cc(C)c(N=Nc6cc(C)c(N=Nc7cccc(Cl)c7)cc6SCCCS(=O)(=O)O)cc5SCCCS(=O)(=O)O)cc4OCCCS(=O)(=O)O)c(O)n32)c1S(=O)(=O)O.O=S(=O)=O. The molecular formula is C50H50ClN11O18S7. The Morgan fingerprint density at radius 3 is 1.61 bits per heavy atom. The number of rotatable bonds is 25. The third kappa shape index (κ3) is 19.5. The van der Waals surface area contributed by atoms with Crippen LogP contribution in [0.1, 0.15) is 47.1 Å². The van der Waals surface area contributed by atoms with E-state index in [4.69, 9.17) is 33.7 Å². The van der Waals surface area contributed by atoms with Crippen LogP contribution in [0.3, 0.4) is 0 Å². The number of nitriles is 1. The zero-order valence-corrected chi connectivity index (χ0v) is 52.5. The Balaban J connectivity index is 0.00000293. The van der Waals surface area contributed by atoms with Gasteiger partial charge in [-0.15, -0.1) is 56.6 Å². The molecule has 0 radical (unpaired) electrons. The fraction of sp³-hybridized carbons (Fsp3) is 0.280. The van der Waals surface area contributed by atoms with Crippen molar-refractivity contribution in [1.29, 1.82) is 5.26 Å². The molecule has 2 aromatic heterocycles. The van der Waals surface area contributed by atoms with E-state index in [9.17, 15) is 62.3 Å². The minimum Gasteiger partial charge on any atom is -0.495 e. The Bertz CT molecular complexity index is 4580. The molecule has 7 rings (SSSR count). The molecule has 5 N–H and O–H groups in total. The maximum Gasteiger partial charge on any atom is 0.425 e. The van der Waals surface area contributed by atoms with E-state index in [-0.39, 0.29) is 93.7 Å². The number of nitrogens with zero attached hydrogens (tertiary/aromatic N) is 11. The Kier molecular flexibility index (Phi) is 23.3. The Morgan fingerprint density at radius 1 is 0.632 bits per heavy atom. The fourth-order valence-electron chi connectivity index (χ4n) is 7.84.